The predicted molar refractivity (Wildman–Crippen MR) is 118 cm³/mol. The molecule has 0 aromatic heterocycles. The van der Waals surface area contributed by atoms with Gasteiger partial charge in [0.15, 0.2) is 0 Å². The van der Waals surface area contributed by atoms with Gasteiger partial charge in [-0.25, -0.2) is 4.90 Å². The van der Waals surface area contributed by atoms with Crippen molar-refractivity contribution in [1.29, 1.82) is 0 Å². The number of ether oxygens (including phenoxy) is 1. The van der Waals surface area contributed by atoms with Crippen molar-refractivity contribution in [2.75, 3.05) is 24.6 Å². The molecule has 0 saturated carbocycles. The molecule has 30 heavy (non-hydrogen) atoms. The van der Waals surface area contributed by atoms with Crippen molar-refractivity contribution in [2.45, 2.75) is 39.5 Å². The summed E-state index contributed by atoms with van der Waals surface area (Å²) in [6, 6.07) is 15.2. The second-order valence-corrected chi connectivity index (χ2v) is 7.76. The molecule has 2 aromatic rings. The Bertz CT molecular complexity index is 955. The Morgan fingerprint density at radius 2 is 1.53 bits per heavy atom. The lowest BCUT2D eigenvalue weighted by Crippen LogP contribution is -2.34. The van der Waals surface area contributed by atoms with Crippen LogP contribution < -0.4 is 9.64 Å². The van der Waals surface area contributed by atoms with E-state index in [2.05, 4.69) is 18.7 Å². The van der Waals surface area contributed by atoms with Gasteiger partial charge in [-0.1, -0.05) is 38.1 Å². The molecule has 4 rings (SSSR count). The summed E-state index contributed by atoms with van der Waals surface area (Å²) >= 11 is 0. The van der Waals surface area contributed by atoms with Crippen LogP contribution in [0, 0.1) is 0 Å². The fraction of sp³-hybridized carbons (Fsp3) is 0.360. The molecule has 0 atom stereocenters. The zero-order chi connectivity index (χ0) is 21.1. The third kappa shape index (κ3) is 3.72. The SMILES string of the molecule is CCCOc1ccc(C2=C(N3CCCC3)C(=O)N(c3ccc(CC)cc3)C2=O)cc1. The van der Waals surface area contributed by atoms with Crippen LogP contribution in [-0.4, -0.2) is 36.4 Å². The molecule has 5 nitrogen and oxygen atoms in total. The maximum Gasteiger partial charge on any atom is 0.282 e. The highest BCUT2D eigenvalue weighted by Gasteiger charge is 2.42. The predicted octanol–water partition coefficient (Wildman–Crippen LogP) is 4.42. The van der Waals surface area contributed by atoms with Gasteiger partial charge in [0, 0.05) is 13.1 Å². The van der Waals surface area contributed by atoms with Gasteiger partial charge in [-0.05, 0) is 61.1 Å². The summed E-state index contributed by atoms with van der Waals surface area (Å²) < 4.78 is 5.67. The summed E-state index contributed by atoms with van der Waals surface area (Å²) in [7, 11) is 0. The Balaban J connectivity index is 1.72. The number of hydrogen-bond acceptors (Lipinski definition) is 4. The first kappa shape index (κ1) is 20.2. The average Bonchev–Trinajstić information content (AvgIpc) is 3.39. The number of hydrogen-bond donors (Lipinski definition) is 0. The van der Waals surface area contributed by atoms with Crippen molar-refractivity contribution in [3.63, 3.8) is 0 Å². The molecule has 0 radical (unpaired) electrons. The fourth-order valence-corrected chi connectivity index (χ4v) is 4.07. The monoisotopic (exact) mass is 404 g/mol. The van der Waals surface area contributed by atoms with Crippen LogP contribution in [-0.2, 0) is 16.0 Å². The van der Waals surface area contributed by atoms with Crippen molar-refractivity contribution in [3.05, 3.63) is 65.4 Å². The maximum atomic E-state index is 13.5. The molecule has 2 aliphatic rings. The minimum Gasteiger partial charge on any atom is -0.494 e. The Morgan fingerprint density at radius 3 is 2.13 bits per heavy atom. The minimum absolute atomic E-state index is 0.229. The highest BCUT2D eigenvalue weighted by atomic mass is 16.5. The molecule has 2 aromatic carbocycles. The van der Waals surface area contributed by atoms with Gasteiger partial charge in [-0.2, -0.15) is 0 Å². The number of nitrogens with zero attached hydrogens (tertiary/aromatic N) is 2. The van der Waals surface area contributed by atoms with Crippen molar-refractivity contribution in [2.24, 2.45) is 0 Å². The van der Waals surface area contributed by atoms with E-state index >= 15 is 0 Å². The van der Waals surface area contributed by atoms with Crippen LogP contribution >= 0.6 is 0 Å². The van der Waals surface area contributed by atoms with Crippen LogP contribution in [0.4, 0.5) is 5.69 Å². The third-order valence-electron chi connectivity index (χ3n) is 5.70. The van der Waals surface area contributed by atoms with Gasteiger partial charge in [-0.3, -0.25) is 9.59 Å². The van der Waals surface area contributed by atoms with Gasteiger partial charge in [0.05, 0.1) is 17.9 Å². The Hall–Kier alpha value is -3.08. The van der Waals surface area contributed by atoms with Crippen LogP contribution in [0.25, 0.3) is 5.57 Å². The molecule has 0 spiro atoms. The quantitative estimate of drug-likeness (QED) is 0.641. The summed E-state index contributed by atoms with van der Waals surface area (Å²) in [5, 5.41) is 0. The molecular weight excluding hydrogens is 376 g/mol. The van der Waals surface area contributed by atoms with Gasteiger partial charge >= 0.3 is 0 Å². The molecule has 0 aliphatic carbocycles. The Labute approximate surface area is 177 Å². The molecular formula is C25H28N2O3. The van der Waals surface area contributed by atoms with Crippen molar-refractivity contribution < 1.29 is 14.3 Å². The molecule has 2 heterocycles. The normalized spacial score (nSPS) is 16.7. The minimum atomic E-state index is -0.256. The maximum absolute atomic E-state index is 13.5. The lowest BCUT2D eigenvalue weighted by atomic mass is 10.0. The molecule has 156 valence electrons. The van der Waals surface area contributed by atoms with Crippen molar-refractivity contribution in [3.8, 4) is 5.75 Å². The number of imide groups is 1. The number of anilines is 1. The molecule has 2 amide bonds. The van der Waals surface area contributed by atoms with E-state index in [0.29, 0.717) is 23.6 Å². The first-order valence-corrected chi connectivity index (χ1v) is 10.8. The highest BCUT2D eigenvalue weighted by Crippen LogP contribution is 2.36. The van der Waals surface area contributed by atoms with Crippen LogP contribution in [0.2, 0.25) is 0 Å². The van der Waals surface area contributed by atoms with Gasteiger partial charge < -0.3 is 9.64 Å². The van der Waals surface area contributed by atoms with E-state index in [-0.39, 0.29) is 11.8 Å². The van der Waals surface area contributed by atoms with E-state index < -0.39 is 0 Å². The first-order chi connectivity index (χ1) is 14.6. The summed E-state index contributed by atoms with van der Waals surface area (Å²) in [5.74, 6) is 0.286. The van der Waals surface area contributed by atoms with Crippen LogP contribution in [0.1, 0.15) is 44.2 Å². The summed E-state index contributed by atoms with van der Waals surface area (Å²) in [6.45, 7) is 6.41. The second-order valence-electron chi connectivity index (χ2n) is 7.76. The zero-order valence-electron chi connectivity index (χ0n) is 17.7. The number of carbonyl (C=O) groups excluding carboxylic acids is 2. The van der Waals surface area contributed by atoms with Gasteiger partial charge in [0.2, 0.25) is 0 Å². The van der Waals surface area contributed by atoms with E-state index in [1.807, 2.05) is 48.5 Å². The first-order valence-electron chi connectivity index (χ1n) is 10.8. The smallest absolute Gasteiger partial charge is 0.282 e. The Kier molecular flexibility index (Phi) is 5.88. The van der Waals surface area contributed by atoms with Crippen LogP contribution in [0.15, 0.2) is 54.2 Å². The lowest BCUT2D eigenvalue weighted by Gasteiger charge is -2.20. The zero-order valence-corrected chi connectivity index (χ0v) is 17.7. The van der Waals surface area contributed by atoms with Crippen molar-refractivity contribution >= 4 is 23.1 Å². The topological polar surface area (TPSA) is 49.9 Å². The molecule has 5 heteroatoms. The number of amides is 2. The summed E-state index contributed by atoms with van der Waals surface area (Å²) in [5.41, 5.74) is 3.57. The van der Waals surface area contributed by atoms with E-state index in [4.69, 9.17) is 4.74 Å². The molecule has 1 saturated heterocycles. The standard InChI is InChI=1S/C25H28N2O3/c1-3-17-30-21-13-9-19(10-14-21)22-23(26-15-5-6-16-26)25(29)27(24(22)28)20-11-7-18(4-2)8-12-20/h7-14H,3-6,15-17H2,1-2H3. The summed E-state index contributed by atoms with van der Waals surface area (Å²) in [4.78, 5) is 30.3. The molecule has 0 bridgehead atoms. The number of carbonyl (C=O) groups is 2. The molecule has 2 aliphatic heterocycles. The van der Waals surface area contributed by atoms with E-state index in [0.717, 1.165) is 50.1 Å². The average molecular weight is 405 g/mol. The van der Waals surface area contributed by atoms with Crippen LogP contribution in [0.5, 0.6) is 5.75 Å². The third-order valence-corrected chi connectivity index (χ3v) is 5.70. The van der Waals surface area contributed by atoms with Crippen LogP contribution in [0.3, 0.4) is 0 Å². The molecule has 1 fully saturated rings. The number of benzene rings is 2. The van der Waals surface area contributed by atoms with E-state index in [1.54, 1.807) is 0 Å². The highest BCUT2D eigenvalue weighted by molar-refractivity contribution is 6.45. The number of likely N-dealkylation sites (tertiary alicyclic amines) is 1. The molecule has 0 unspecified atom stereocenters. The molecule has 0 N–H and O–H groups in total. The Morgan fingerprint density at radius 1 is 0.867 bits per heavy atom. The second kappa shape index (κ2) is 8.74. The van der Waals surface area contributed by atoms with Gasteiger partial charge in [0.1, 0.15) is 11.4 Å². The number of rotatable bonds is 7. The van der Waals surface area contributed by atoms with Crippen molar-refractivity contribution in [1.82, 2.24) is 4.90 Å². The number of aryl methyl sites for hydroxylation is 1. The van der Waals surface area contributed by atoms with E-state index in [9.17, 15) is 9.59 Å². The summed E-state index contributed by atoms with van der Waals surface area (Å²) in [6.07, 6.45) is 3.92. The van der Waals surface area contributed by atoms with Gasteiger partial charge in [-0.15, -0.1) is 0 Å². The fourth-order valence-electron chi connectivity index (χ4n) is 4.07. The lowest BCUT2D eigenvalue weighted by molar-refractivity contribution is -0.120. The van der Waals surface area contributed by atoms with Gasteiger partial charge in [0.25, 0.3) is 11.8 Å². The largest absolute Gasteiger partial charge is 0.494 e. The van der Waals surface area contributed by atoms with E-state index in [1.165, 1.54) is 10.5 Å².